The van der Waals surface area contributed by atoms with Gasteiger partial charge in [0.25, 0.3) is 0 Å². The van der Waals surface area contributed by atoms with Crippen LogP contribution >= 0.6 is 28.3 Å². The average Bonchev–Trinajstić information content (AvgIpc) is 2.40. The Bertz CT molecular complexity index is 422. The van der Waals surface area contributed by atoms with Crippen molar-refractivity contribution < 1.29 is 4.39 Å². The summed E-state index contributed by atoms with van der Waals surface area (Å²) in [6.45, 7) is 7.79. The maximum Gasteiger partial charge on any atom is 0.137 e. The van der Waals surface area contributed by atoms with Gasteiger partial charge in [-0.15, -0.1) is 19.0 Å². The maximum atomic E-state index is 13.6. The fourth-order valence-electron chi connectivity index (χ4n) is 2.37. The fourth-order valence-corrected chi connectivity index (χ4v) is 2.61. The van der Waals surface area contributed by atoms with E-state index in [2.05, 4.69) is 32.7 Å². The maximum absolute atomic E-state index is 13.6. The summed E-state index contributed by atoms with van der Waals surface area (Å²) in [6.07, 6.45) is 2.76. The Morgan fingerprint density at radius 1 is 1.42 bits per heavy atom. The molecule has 0 spiro atoms. The quantitative estimate of drug-likeness (QED) is 0.837. The highest BCUT2D eigenvalue weighted by atomic mass is 79.9. The number of piperazine rings is 1. The van der Waals surface area contributed by atoms with Gasteiger partial charge in [-0.05, 0) is 40.0 Å². The zero-order valence-electron chi connectivity index (χ0n) is 10.7. The number of hydrogen-bond donors (Lipinski definition) is 1. The molecule has 1 aliphatic heterocycles. The van der Waals surface area contributed by atoms with Crippen molar-refractivity contribution in [2.24, 2.45) is 0 Å². The van der Waals surface area contributed by atoms with Crippen molar-refractivity contribution in [3.05, 3.63) is 46.7 Å². The predicted molar refractivity (Wildman–Crippen MR) is 83.3 cm³/mol. The van der Waals surface area contributed by atoms with E-state index < -0.39 is 0 Å². The van der Waals surface area contributed by atoms with Gasteiger partial charge in [-0.25, -0.2) is 4.39 Å². The zero-order chi connectivity index (χ0) is 13.0. The SMILES string of the molecule is C=CC[C@H](c1ccc(Br)c(F)c1)N1CCNCC1.Cl. The summed E-state index contributed by atoms with van der Waals surface area (Å²) < 4.78 is 14.2. The van der Waals surface area contributed by atoms with Gasteiger partial charge in [0, 0.05) is 32.2 Å². The van der Waals surface area contributed by atoms with E-state index in [4.69, 9.17) is 0 Å². The van der Waals surface area contributed by atoms with Gasteiger partial charge in [-0.1, -0.05) is 12.1 Å². The van der Waals surface area contributed by atoms with Crippen LogP contribution in [0.4, 0.5) is 4.39 Å². The summed E-state index contributed by atoms with van der Waals surface area (Å²) in [6, 6.07) is 5.62. The van der Waals surface area contributed by atoms with Gasteiger partial charge >= 0.3 is 0 Å². The van der Waals surface area contributed by atoms with Gasteiger partial charge in [-0.3, -0.25) is 4.90 Å². The third kappa shape index (κ3) is 4.28. The summed E-state index contributed by atoms with van der Waals surface area (Å²) in [5.74, 6) is -0.198. The molecule has 0 aromatic heterocycles. The second-order valence-electron chi connectivity index (χ2n) is 4.50. The van der Waals surface area contributed by atoms with Crippen molar-refractivity contribution >= 4 is 28.3 Å². The van der Waals surface area contributed by atoms with Crippen LogP contribution in [0.25, 0.3) is 0 Å². The van der Waals surface area contributed by atoms with Crippen LogP contribution < -0.4 is 5.32 Å². The van der Waals surface area contributed by atoms with E-state index in [-0.39, 0.29) is 24.3 Å². The monoisotopic (exact) mass is 348 g/mol. The molecule has 19 heavy (non-hydrogen) atoms. The molecule has 1 N–H and O–H groups in total. The normalized spacial score (nSPS) is 17.6. The topological polar surface area (TPSA) is 15.3 Å². The second kappa shape index (κ2) is 8.00. The molecule has 1 heterocycles. The molecule has 2 nitrogen and oxygen atoms in total. The highest BCUT2D eigenvalue weighted by molar-refractivity contribution is 9.10. The van der Waals surface area contributed by atoms with Crippen molar-refractivity contribution in [1.82, 2.24) is 10.2 Å². The summed E-state index contributed by atoms with van der Waals surface area (Å²) in [4.78, 5) is 2.39. The molecule has 0 saturated carbocycles. The standard InChI is InChI=1S/C14H18BrFN2.ClH/c1-2-3-14(18-8-6-17-7-9-18)11-4-5-12(15)13(16)10-11;/h2,4-5,10,14,17H,1,3,6-9H2;1H/t14-;/m1./s1. The molecule has 0 unspecified atom stereocenters. The molecule has 106 valence electrons. The van der Waals surface area contributed by atoms with Crippen LogP contribution in [0, 0.1) is 5.82 Å². The minimum atomic E-state index is -0.198. The van der Waals surface area contributed by atoms with E-state index in [1.807, 2.05) is 12.1 Å². The number of nitrogens with one attached hydrogen (secondary N) is 1. The van der Waals surface area contributed by atoms with Crippen molar-refractivity contribution in [1.29, 1.82) is 0 Å². The molecule has 5 heteroatoms. The lowest BCUT2D eigenvalue weighted by Gasteiger charge is -2.34. The molecule has 0 aliphatic carbocycles. The smallest absolute Gasteiger partial charge is 0.137 e. The van der Waals surface area contributed by atoms with Crippen molar-refractivity contribution in [3.63, 3.8) is 0 Å². The molecule has 1 saturated heterocycles. The first-order valence-electron chi connectivity index (χ1n) is 6.23. The van der Waals surface area contributed by atoms with Gasteiger partial charge in [-0.2, -0.15) is 0 Å². The van der Waals surface area contributed by atoms with Crippen LogP contribution in [0.1, 0.15) is 18.0 Å². The molecule has 0 amide bonds. The zero-order valence-corrected chi connectivity index (χ0v) is 13.1. The van der Waals surface area contributed by atoms with Crippen LogP contribution in [0.15, 0.2) is 35.3 Å². The predicted octanol–water partition coefficient (Wildman–Crippen LogP) is 3.53. The molecule has 1 fully saturated rings. The first kappa shape index (κ1) is 16.6. The summed E-state index contributed by atoms with van der Waals surface area (Å²) in [7, 11) is 0. The van der Waals surface area contributed by atoms with E-state index in [1.54, 1.807) is 12.1 Å². The van der Waals surface area contributed by atoms with Crippen LogP contribution in [0.3, 0.4) is 0 Å². The molecule has 1 aliphatic rings. The first-order valence-corrected chi connectivity index (χ1v) is 7.02. The number of benzene rings is 1. The molecule has 1 aromatic carbocycles. The highest BCUT2D eigenvalue weighted by Crippen LogP contribution is 2.27. The Balaban J connectivity index is 0.00000180. The van der Waals surface area contributed by atoms with Crippen molar-refractivity contribution in [2.75, 3.05) is 26.2 Å². The first-order chi connectivity index (χ1) is 8.72. The minimum Gasteiger partial charge on any atom is -0.314 e. The lowest BCUT2D eigenvalue weighted by atomic mass is 10.0. The Morgan fingerprint density at radius 3 is 2.68 bits per heavy atom. The van der Waals surface area contributed by atoms with Crippen LogP contribution in [0.2, 0.25) is 0 Å². The molecule has 0 radical (unpaired) electrons. The van der Waals surface area contributed by atoms with Gasteiger partial charge in [0.1, 0.15) is 5.82 Å². The van der Waals surface area contributed by atoms with Gasteiger partial charge in [0.15, 0.2) is 0 Å². The van der Waals surface area contributed by atoms with E-state index >= 15 is 0 Å². The number of nitrogens with zero attached hydrogens (tertiary/aromatic N) is 1. The highest BCUT2D eigenvalue weighted by Gasteiger charge is 2.21. The Morgan fingerprint density at radius 2 is 2.11 bits per heavy atom. The number of halogens is 3. The van der Waals surface area contributed by atoms with Crippen LogP contribution in [0.5, 0.6) is 0 Å². The molecule has 2 rings (SSSR count). The summed E-state index contributed by atoms with van der Waals surface area (Å²) in [5.41, 5.74) is 1.03. The van der Waals surface area contributed by atoms with Crippen molar-refractivity contribution in [3.8, 4) is 0 Å². The molecular weight excluding hydrogens is 331 g/mol. The summed E-state index contributed by atoms with van der Waals surface area (Å²) in [5, 5.41) is 3.33. The lowest BCUT2D eigenvalue weighted by molar-refractivity contribution is 0.174. The molecule has 0 bridgehead atoms. The minimum absolute atomic E-state index is 0. The van der Waals surface area contributed by atoms with E-state index in [1.165, 1.54) is 0 Å². The number of hydrogen-bond acceptors (Lipinski definition) is 2. The van der Waals surface area contributed by atoms with Gasteiger partial charge in [0.05, 0.1) is 4.47 Å². The Kier molecular flexibility index (Phi) is 7.00. The number of rotatable bonds is 4. The average molecular weight is 350 g/mol. The van der Waals surface area contributed by atoms with E-state index in [0.29, 0.717) is 4.47 Å². The van der Waals surface area contributed by atoms with Gasteiger partial charge < -0.3 is 5.32 Å². The van der Waals surface area contributed by atoms with E-state index in [9.17, 15) is 4.39 Å². The van der Waals surface area contributed by atoms with Gasteiger partial charge in [0.2, 0.25) is 0 Å². The lowest BCUT2D eigenvalue weighted by Crippen LogP contribution is -2.45. The van der Waals surface area contributed by atoms with Crippen LogP contribution in [-0.2, 0) is 0 Å². The molecular formula is C14H19BrClFN2. The Labute approximate surface area is 128 Å². The fraction of sp³-hybridized carbons (Fsp3) is 0.429. The molecule has 1 atom stereocenters. The largest absolute Gasteiger partial charge is 0.314 e. The third-order valence-corrected chi connectivity index (χ3v) is 3.95. The van der Waals surface area contributed by atoms with Crippen LogP contribution in [-0.4, -0.2) is 31.1 Å². The summed E-state index contributed by atoms with van der Waals surface area (Å²) >= 11 is 3.19. The molecule has 1 aromatic rings. The van der Waals surface area contributed by atoms with E-state index in [0.717, 1.165) is 38.2 Å². The van der Waals surface area contributed by atoms with Crippen molar-refractivity contribution in [2.45, 2.75) is 12.5 Å². The third-order valence-electron chi connectivity index (χ3n) is 3.31. The second-order valence-corrected chi connectivity index (χ2v) is 5.35. The Hall–Kier alpha value is -0.420.